The first-order valence-corrected chi connectivity index (χ1v) is 10.9. The molecule has 0 bridgehead atoms. The van der Waals surface area contributed by atoms with Gasteiger partial charge in [-0.15, -0.1) is 0 Å². The van der Waals surface area contributed by atoms with Gasteiger partial charge in [-0.2, -0.15) is 9.57 Å². The summed E-state index contributed by atoms with van der Waals surface area (Å²) >= 11 is 0. The maximum atomic E-state index is 12.9. The van der Waals surface area contributed by atoms with E-state index in [1.54, 1.807) is 51.7 Å². The number of sulfonamides is 1. The zero-order chi connectivity index (χ0) is 19.7. The topological polar surface area (TPSA) is 81.5 Å². The number of hydrogen-bond acceptors (Lipinski definition) is 4. The summed E-state index contributed by atoms with van der Waals surface area (Å²) in [7, 11) is -3.49. The first-order valence-electron chi connectivity index (χ1n) is 9.46. The molecule has 0 saturated carbocycles. The molecule has 1 fully saturated rings. The summed E-state index contributed by atoms with van der Waals surface area (Å²) in [5.41, 5.74) is 2.50. The zero-order valence-electron chi connectivity index (χ0n) is 15.5. The van der Waals surface area contributed by atoms with E-state index in [2.05, 4.69) is 0 Å². The minimum absolute atomic E-state index is 0.178. The van der Waals surface area contributed by atoms with Crippen LogP contribution in [0, 0.1) is 11.3 Å². The molecule has 144 valence electrons. The summed E-state index contributed by atoms with van der Waals surface area (Å²) in [6.07, 6.45) is 3.48. The Morgan fingerprint density at radius 2 is 1.79 bits per heavy atom. The van der Waals surface area contributed by atoms with Gasteiger partial charge in [-0.25, -0.2) is 8.42 Å². The lowest BCUT2D eigenvalue weighted by atomic mass is 10.1. The normalized spacial score (nSPS) is 17.2. The molecule has 0 N–H and O–H groups in total. The minimum atomic E-state index is -3.49. The Hall–Kier alpha value is -2.69. The highest BCUT2D eigenvalue weighted by Crippen LogP contribution is 2.32. The van der Waals surface area contributed by atoms with Crippen molar-refractivity contribution in [2.45, 2.75) is 30.6 Å². The number of piperidine rings is 1. The minimum Gasteiger partial charge on any atom is -0.308 e. The molecule has 2 aromatic carbocycles. The van der Waals surface area contributed by atoms with E-state index in [0.29, 0.717) is 42.1 Å². The fraction of sp³-hybridized carbons (Fsp3) is 0.333. The van der Waals surface area contributed by atoms with Gasteiger partial charge in [0.2, 0.25) is 10.0 Å². The van der Waals surface area contributed by atoms with Gasteiger partial charge in [0.15, 0.2) is 0 Å². The number of hydrogen-bond donors (Lipinski definition) is 0. The van der Waals surface area contributed by atoms with Crippen molar-refractivity contribution < 1.29 is 13.2 Å². The largest absolute Gasteiger partial charge is 0.308 e. The van der Waals surface area contributed by atoms with Crippen LogP contribution in [0.5, 0.6) is 0 Å². The first-order chi connectivity index (χ1) is 13.5. The third-order valence-corrected chi connectivity index (χ3v) is 7.28. The maximum Gasteiger partial charge on any atom is 0.258 e. The van der Waals surface area contributed by atoms with Gasteiger partial charge in [-0.05, 0) is 61.2 Å². The molecule has 0 aliphatic carbocycles. The molecule has 0 spiro atoms. The number of fused-ring (bicyclic) bond motifs is 1. The van der Waals surface area contributed by atoms with Crippen LogP contribution in [-0.2, 0) is 16.4 Å². The number of anilines is 1. The van der Waals surface area contributed by atoms with Crippen molar-refractivity contribution in [1.29, 1.82) is 5.26 Å². The summed E-state index contributed by atoms with van der Waals surface area (Å²) in [6, 6.07) is 13.7. The summed E-state index contributed by atoms with van der Waals surface area (Å²) in [5.74, 6) is -0.178. The lowest BCUT2D eigenvalue weighted by molar-refractivity contribution is 0.0989. The predicted molar refractivity (Wildman–Crippen MR) is 106 cm³/mol. The Labute approximate surface area is 165 Å². The molecule has 2 aliphatic rings. The van der Waals surface area contributed by atoms with Crippen LogP contribution in [0.3, 0.4) is 0 Å². The smallest absolute Gasteiger partial charge is 0.258 e. The quantitative estimate of drug-likeness (QED) is 0.800. The molecule has 6 nitrogen and oxygen atoms in total. The van der Waals surface area contributed by atoms with Crippen LogP contribution in [0.2, 0.25) is 0 Å². The Morgan fingerprint density at radius 3 is 2.54 bits per heavy atom. The molecule has 0 unspecified atom stereocenters. The van der Waals surface area contributed by atoms with E-state index in [4.69, 9.17) is 5.26 Å². The van der Waals surface area contributed by atoms with Crippen LogP contribution in [-0.4, -0.2) is 38.3 Å². The van der Waals surface area contributed by atoms with E-state index in [0.717, 1.165) is 30.5 Å². The van der Waals surface area contributed by atoms with Crippen LogP contribution in [0.15, 0.2) is 47.4 Å². The Bertz CT molecular complexity index is 1070. The third kappa shape index (κ3) is 3.30. The Balaban J connectivity index is 1.61. The van der Waals surface area contributed by atoms with Gasteiger partial charge in [0.1, 0.15) is 0 Å². The second-order valence-corrected chi connectivity index (χ2v) is 9.09. The number of benzene rings is 2. The van der Waals surface area contributed by atoms with E-state index in [9.17, 15) is 13.2 Å². The monoisotopic (exact) mass is 395 g/mol. The fourth-order valence-corrected chi connectivity index (χ4v) is 5.45. The fourth-order valence-electron chi connectivity index (χ4n) is 3.88. The van der Waals surface area contributed by atoms with Crippen LogP contribution >= 0.6 is 0 Å². The van der Waals surface area contributed by atoms with Gasteiger partial charge < -0.3 is 4.90 Å². The second-order valence-electron chi connectivity index (χ2n) is 7.15. The lowest BCUT2D eigenvalue weighted by Crippen LogP contribution is -2.35. The first kappa shape index (κ1) is 18.7. The Morgan fingerprint density at radius 1 is 1.00 bits per heavy atom. The molecule has 28 heavy (non-hydrogen) atoms. The molecular weight excluding hydrogens is 374 g/mol. The molecule has 0 atom stereocenters. The Kier molecular flexibility index (Phi) is 4.92. The van der Waals surface area contributed by atoms with Gasteiger partial charge in [-0.3, -0.25) is 4.79 Å². The average molecular weight is 395 g/mol. The zero-order valence-corrected chi connectivity index (χ0v) is 16.3. The molecule has 0 aromatic heterocycles. The van der Waals surface area contributed by atoms with Crippen LogP contribution in [0.4, 0.5) is 5.69 Å². The summed E-state index contributed by atoms with van der Waals surface area (Å²) < 4.78 is 27.4. The maximum absolute atomic E-state index is 12.9. The average Bonchev–Trinajstić information content (AvgIpc) is 3.17. The molecule has 2 aliphatic heterocycles. The van der Waals surface area contributed by atoms with Gasteiger partial charge in [-0.1, -0.05) is 12.5 Å². The van der Waals surface area contributed by atoms with Crippen molar-refractivity contribution in [3.8, 4) is 6.07 Å². The SMILES string of the molecule is N#Cc1cccc(C(=O)N2CCc3cc(S(=O)(=O)N4CCCCC4)ccc32)c1. The summed E-state index contributed by atoms with van der Waals surface area (Å²) in [5, 5.41) is 9.05. The molecule has 0 radical (unpaired) electrons. The highest BCUT2D eigenvalue weighted by Gasteiger charge is 2.30. The molecular formula is C21H21N3O3S. The number of carbonyl (C=O) groups is 1. The van der Waals surface area contributed by atoms with E-state index in [-0.39, 0.29) is 5.91 Å². The van der Waals surface area contributed by atoms with Crippen molar-refractivity contribution in [3.05, 3.63) is 59.2 Å². The standard InChI is InChI=1S/C21H21N3O3S/c22-15-16-5-4-6-18(13-16)21(25)24-12-9-17-14-19(7-8-20(17)24)28(26,27)23-10-2-1-3-11-23/h4-8,13-14H,1-3,9-12H2. The number of carbonyl (C=O) groups excluding carboxylic acids is 1. The van der Waals surface area contributed by atoms with E-state index in [1.807, 2.05) is 6.07 Å². The molecule has 2 aromatic rings. The summed E-state index contributed by atoms with van der Waals surface area (Å²) in [4.78, 5) is 14.9. The highest BCUT2D eigenvalue weighted by molar-refractivity contribution is 7.89. The van der Waals surface area contributed by atoms with Crippen LogP contribution in [0.1, 0.15) is 40.7 Å². The summed E-state index contributed by atoms with van der Waals surface area (Å²) in [6.45, 7) is 1.64. The molecule has 4 rings (SSSR count). The van der Waals surface area contributed by atoms with Gasteiger partial charge in [0.05, 0.1) is 16.5 Å². The van der Waals surface area contributed by atoms with E-state index in [1.165, 1.54) is 0 Å². The number of rotatable bonds is 3. The third-order valence-electron chi connectivity index (χ3n) is 5.38. The lowest BCUT2D eigenvalue weighted by Gasteiger charge is -2.26. The molecule has 1 saturated heterocycles. The number of nitriles is 1. The second kappa shape index (κ2) is 7.38. The van der Waals surface area contributed by atoms with Crippen LogP contribution in [0.25, 0.3) is 0 Å². The molecule has 7 heteroatoms. The van der Waals surface area contributed by atoms with Crippen molar-refractivity contribution in [3.63, 3.8) is 0 Å². The van der Waals surface area contributed by atoms with Crippen molar-refractivity contribution in [1.82, 2.24) is 4.31 Å². The van der Waals surface area contributed by atoms with Crippen LogP contribution < -0.4 is 4.90 Å². The highest BCUT2D eigenvalue weighted by atomic mass is 32.2. The van der Waals surface area contributed by atoms with Gasteiger partial charge in [0, 0.05) is 30.9 Å². The van der Waals surface area contributed by atoms with Crippen molar-refractivity contribution in [2.75, 3.05) is 24.5 Å². The van der Waals surface area contributed by atoms with Crippen molar-refractivity contribution in [2.24, 2.45) is 0 Å². The molecule has 2 heterocycles. The number of amides is 1. The van der Waals surface area contributed by atoms with Gasteiger partial charge in [0.25, 0.3) is 5.91 Å². The molecule has 1 amide bonds. The number of nitrogens with zero attached hydrogens (tertiary/aromatic N) is 3. The van der Waals surface area contributed by atoms with E-state index >= 15 is 0 Å². The van der Waals surface area contributed by atoms with Crippen molar-refractivity contribution >= 4 is 21.6 Å². The van der Waals surface area contributed by atoms with E-state index < -0.39 is 10.0 Å². The van der Waals surface area contributed by atoms with Gasteiger partial charge >= 0.3 is 0 Å². The predicted octanol–water partition coefficient (Wildman–Crippen LogP) is 2.94.